The third-order valence-corrected chi connectivity index (χ3v) is 3.88. The van der Waals surface area contributed by atoms with Gasteiger partial charge in [0.25, 0.3) is 0 Å². The van der Waals surface area contributed by atoms with Crippen LogP contribution >= 0.6 is 23.2 Å². The highest BCUT2D eigenvalue weighted by molar-refractivity contribution is 6.36. The number of ether oxygens (including phenoxy) is 1. The standard InChI is InChI=1S/C14H17Cl2NO3/c1-2-20-10-3-8(4-10)5-13(18)17-12-7-9(15)6-11(16)14(12)19/h6-8,10,19H,2-5H2,1H3,(H,17,18). The number of nitrogens with one attached hydrogen (secondary N) is 1. The van der Waals surface area contributed by atoms with E-state index in [-0.39, 0.29) is 28.5 Å². The van der Waals surface area contributed by atoms with Gasteiger partial charge in [-0.3, -0.25) is 4.79 Å². The first kappa shape index (κ1) is 15.4. The molecule has 0 saturated heterocycles. The van der Waals surface area contributed by atoms with Crippen LogP contribution in [0.25, 0.3) is 0 Å². The fourth-order valence-corrected chi connectivity index (χ4v) is 2.83. The molecule has 2 rings (SSSR count). The number of phenols is 1. The Labute approximate surface area is 128 Å². The van der Waals surface area contributed by atoms with Crippen LogP contribution < -0.4 is 5.32 Å². The molecule has 20 heavy (non-hydrogen) atoms. The summed E-state index contributed by atoms with van der Waals surface area (Å²) in [7, 11) is 0. The Hall–Kier alpha value is -0.970. The van der Waals surface area contributed by atoms with Crippen molar-refractivity contribution in [1.82, 2.24) is 0 Å². The molecule has 0 atom stereocenters. The zero-order valence-electron chi connectivity index (χ0n) is 11.2. The lowest BCUT2D eigenvalue weighted by Gasteiger charge is -2.34. The first-order chi connectivity index (χ1) is 9.49. The summed E-state index contributed by atoms with van der Waals surface area (Å²) >= 11 is 11.6. The molecule has 1 aromatic carbocycles. The van der Waals surface area contributed by atoms with E-state index in [2.05, 4.69) is 5.32 Å². The summed E-state index contributed by atoms with van der Waals surface area (Å²) in [5, 5.41) is 12.9. The van der Waals surface area contributed by atoms with Gasteiger partial charge < -0.3 is 15.2 Å². The fraction of sp³-hybridized carbons (Fsp3) is 0.500. The van der Waals surface area contributed by atoms with Crippen LogP contribution in [0.1, 0.15) is 26.2 Å². The average molecular weight is 318 g/mol. The number of hydrogen-bond donors (Lipinski definition) is 2. The maximum Gasteiger partial charge on any atom is 0.224 e. The van der Waals surface area contributed by atoms with E-state index in [1.54, 1.807) is 0 Å². The lowest BCUT2D eigenvalue weighted by atomic mass is 9.80. The van der Waals surface area contributed by atoms with Gasteiger partial charge in [0.1, 0.15) is 0 Å². The summed E-state index contributed by atoms with van der Waals surface area (Å²) in [5.41, 5.74) is 0.244. The molecule has 1 aromatic rings. The first-order valence-electron chi connectivity index (χ1n) is 6.59. The number of carbonyl (C=O) groups excluding carboxylic acids is 1. The van der Waals surface area contributed by atoms with Gasteiger partial charge in [0.15, 0.2) is 5.75 Å². The monoisotopic (exact) mass is 317 g/mol. The SMILES string of the molecule is CCOC1CC(CC(=O)Nc2cc(Cl)cc(Cl)c2O)C1. The molecular weight excluding hydrogens is 301 g/mol. The van der Waals surface area contributed by atoms with Crippen LogP contribution in [0.5, 0.6) is 5.75 Å². The molecule has 0 bridgehead atoms. The summed E-state index contributed by atoms with van der Waals surface area (Å²) in [5.74, 6) is 0.0205. The summed E-state index contributed by atoms with van der Waals surface area (Å²) < 4.78 is 5.45. The van der Waals surface area contributed by atoms with Gasteiger partial charge in [-0.15, -0.1) is 0 Å². The van der Waals surface area contributed by atoms with E-state index >= 15 is 0 Å². The Kier molecular flexibility index (Phi) is 5.13. The van der Waals surface area contributed by atoms with Gasteiger partial charge in [0.2, 0.25) is 5.91 Å². The van der Waals surface area contributed by atoms with Gasteiger partial charge >= 0.3 is 0 Å². The Morgan fingerprint density at radius 3 is 2.80 bits per heavy atom. The second-order valence-electron chi connectivity index (χ2n) is 4.95. The molecule has 0 aliphatic heterocycles. The summed E-state index contributed by atoms with van der Waals surface area (Å²) in [4.78, 5) is 11.9. The van der Waals surface area contributed by atoms with E-state index in [9.17, 15) is 9.90 Å². The molecular formula is C14H17Cl2NO3. The van der Waals surface area contributed by atoms with E-state index in [1.807, 2.05) is 6.92 Å². The van der Waals surface area contributed by atoms with Crippen molar-refractivity contribution in [1.29, 1.82) is 0 Å². The maximum atomic E-state index is 11.9. The molecule has 2 N–H and O–H groups in total. The van der Waals surface area contributed by atoms with Crippen molar-refractivity contribution in [3.05, 3.63) is 22.2 Å². The van der Waals surface area contributed by atoms with Crippen LogP contribution in [-0.4, -0.2) is 23.7 Å². The van der Waals surface area contributed by atoms with Gasteiger partial charge in [0.05, 0.1) is 16.8 Å². The van der Waals surface area contributed by atoms with Crippen LogP contribution in [0.3, 0.4) is 0 Å². The fourth-order valence-electron chi connectivity index (χ4n) is 2.34. The Balaban J connectivity index is 1.87. The van der Waals surface area contributed by atoms with Gasteiger partial charge in [-0.2, -0.15) is 0 Å². The van der Waals surface area contributed by atoms with Crippen molar-refractivity contribution < 1.29 is 14.6 Å². The van der Waals surface area contributed by atoms with Crippen molar-refractivity contribution in [3.8, 4) is 5.75 Å². The van der Waals surface area contributed by atoms with E-state index in [1.165, 1.54) is 12.1 Å². The zero-order valence-corrected chi connectivity index (χ0v) is 12.7. The first-order valence-corrected chi connectivity index (χ1v) is 7.34. The van der Waals surface area contributed by atoms with Crippen LogP contribution in [-0.2, 0) is 9.53 Å². The molecule has 0 heterocycles. The van der Waals surface area contributed by atoms with Crippen molar-refractivity contribution in [3.63, 3.8) is 0 Å². The predicted molar refractivity (Wildman–Crippen MR) is 79.5 cm³/mol. The van der Waals surface area contributed by atoms with Crippen LogP contribution in [0.2, 0.25) is 10.0 Å². The van der Waals surface area contributed by atoms with Crippen molar-refractivity contribution in [2.24, 2.45) is 5.92 Å². The smallest absolute Gasteiger partial charge is 0.224 e. The molecule has 1 saturated carbocycles. The highest BCUT2D eigenvalue weighted by Gasteiger charge is 2.31. The average Bonchev–Trinajstić information content (AvgIpc) is 2.33. The number of aromatic hydroxyl groups is 1. The summed E-state index contributed by atoms with van der Waals surface area (Å²) in [6.07, 6.45) is 2.51. The number of halogens is 2. The Bertz CT molecular complexity index is 501. The number of anilines is 1. The van der Waals surface area contributed by atoms with Crippen LogP contribution in [0, 0.1) is 5.92 Å². The third kappa shape index (κ3) is 3.78. The maximum absolute atomic E-state index is 11.9. The lowest BCUT2D eigenvalue weighted by Crippen LogP contribution is -2.33. The predicted octanol–water partition coefficient (Wildman–Crippen LogP) is 3.84. The van der Waals surface area contributed by atoms with Gasteiger partial charge in [-0.05, 0) is 37.8 Å². The largest absolute Gasteiger partial charge is 0.504 e. The molecule has 0 spiro atoms. The number of rotatable bonds is 5. The summed E-state index contributed by atoms with van der Waals surface area (Å²) in [6.45, 7) is 2.67. The van der Waals surface area contributed by atoms with Gasteiger partial charge in [-0.1, -0.05) is 23.2 Å². The highest BCUT2D eigenvalue weighted by Crippen LogP contribution is 2.36. The van der Waals surface area contributed by atoms with E-state index in [4.69, 9.17) is 27.9 Å². The number of amides is 1. The highest BCUT2D eigenvalue weighted by atomic mass is 35.5. The molecule has 110 valence electrons. The zero-order chi connectivity index (χ0) is 14.7. The molecule has 1 fully saturated rings. The lowest BCUT2D eigenvalue weighted by molar-refractivity contribution is -0.119. The third-order valence-electron chi connectivity index (χ3n) is 3.37. The Morgan fingerprint density at radius 2 is 2.15 bits per heavy atom. The molecule has 1 amide bonds. The summed E-state index contributed by atoms with van der Waals surface area (Å²) in [6, 6.07) is 2.90. The molecule has 6 heteroatoms. The minimum absolute atomic E-state index is 0.118. The molecule has 0 unspecified atom stereocenters. The minimum Gasteiger partial charge on any atom is -0.504 e. The van der Waals surface area contributed by atoms with Gasteiger partial charge in [-0.25, -0.2) is 0 Å². The number of carbonyl (C=O) groups is 1. The van der Waals surface area contributed by atoms with Crippen molar-refractivity contribution >= 4 is 34.8 Å². The molecule has 1 aliphatic rings. The molecule has 0 aromatic heterocycles. The minimum atomic E-state index is -0.162. The molecule has 0 radical (unpaired) electrons. The Morgan fingerprint density at radius 1 is 1.45 bits per heavy atom. The molecule has 1 aliphatic carbocycles. The number of hydrogen-bond acceptors (Lipinski definition) is 3. The second-order valence-corrected chi connectivity index (χ2v) is 5.79. The van der Waals surface area contributed by atoms with Crippen LogP contribution in [0.15, 0.2) is 12.1 Å². The van der Waals surface area contributed by atoms with E-state index < -0.39 is 0 Å². The topological polar surface area (TPSA) is 58.6 Å². The second kappa shape index (κ2) is 6.66. The number of phenolic OH excluding ortho intramolecular Hbond substituents is 1. The normalized spacial score (nSPS) is 21.4. The van der Waals surface area contributed by atoms with Gasteiger partial charge in [0, 0.05) is 18.1 Å². The van der Waals surface area contributed by atoms with E-state index in [0.29, 0.717) is 24.0 Å². The van der Waals surface area contributed by atoms with Crippen molar-refractivity contribution in [2.75, 3.05) is 11.9 Å². The number of benzene rings is 1. The van der Waals surface area contributed by atoms with E-state index in [0.717, 1.165) is 12.8 Å². The van der Waals surface area contributed by atoms with Crippen molar-refractivity contribution in [2.45, 2.75) is 32.3 Å². The quantitative estimate of drug-likeness (QED) is 0.811. The molecule has 4 nitrogen and oxygen atoms in total. The van der Waals surface area contributed by atoms with Crippen LogP contribution in [0.4, 0.5) is 5.69 Å².